The van der Waals surface area contributed by atoms with E-state index in [-0.39, 0.29) is 18.1 Å². The highest BCUT2D eigenvalue weighted by molar-refractivity contribution is 5.86. The highest BCUT2D eigenvalue weighted by atomic mass is 19.2. The second-order valence-corrected chi connectivity index (χ2v) is 9.52. The maximum atomic E-state index is 14.2. The molecule has 0 saturated carbocycles. The van der Waals surface area contributed by atoms with Crippen molar-refractivity contribution in [3.63, 3.8) is 0 Å². The molecule has 2 aliphatic rings. The third-order valence-electron chi connectivity index (χ3n) is 7.06. The van der Waals surface area contributed by atoms with E-state index < -0.39 is 23.2 Å². The van der Waals surface area contributed by atoms with Crippen molar-refractivity contribution in [3.05, 3.63) is 70.8 Å². The Morgan fingerprint density at radius 1 is 1.24 bits per heavy atom. The van der Waals surface area contributed by atoms with Gasteiger partial charge in [0.1, 0.15) is 12.4 Å². The molecule has 38 heavy (non-hydrogen) atoms. The molecule has 0 radical (unpaired) electrons. The van der Waals surface area contributed by atoms with Gasteiger partial charge in [0.2, 0.25) is 0 Å². The van der Waals surface area contributed by atoms with E-state index >= 15 is 0 Å². The number of nitrogens with zero attached hydrogens (tertiary/aromatic N) is 3. The Morgan fingerprint density at radius 2 is 2.00 bits per heavy atom. The number of amidine groups is 1. The van der Waals surface area contributed by atoms with Crippen molar-refractivity contribution >= 4 is 18.2 Å². The van der Waals surface area contributed by atoms with Gasteiger partial charge < -0.3 is 24.5 Å². The molecule has 204 valence electrons. The molecular weight excluding hydrogens is 497 g/mol. The van der Waals surface area contributed by atoms with Crippen LogP contribution in [0.2, 0.25) is 0 Å². The number of methoxy groups -OCH3 is 2. The number of fused-ring (bicyclic) bond motifs is 1. The van der Waals surface area contributed by atoms with Crippen LogP contribution in [0.1, 0.15) is 43.7 Å². The van der Waals surface area contributed by atoms with Crippen LogP contribution in [0.3, 0.4) is 0 Å². The summed E-state index contributed by atoms with van der Waals surface area (Å²) in [6, 6.07) is 7.90. The predicted molar refractivity (Wildman–Crippen MR) is 141 cm³/mol. The van der Waals surface area contributed by atoms with E-state index in [0.717, 1.165) is 61.2 Å². The van der Waals surface area contributed by atoms with Crippen molar-refractivity contribution in [1.29, 1.82) is 0 Å². The van der Waals surface area contributed by atoms with Crippen molar-refractivity contribution in [3.8, 4) is 5.75 Å². The summed E-state index contributed by atoms with van der Waals surface area (Å²) in [5, 5.41) is 7.59. The summed E-state index contributed by atoms with van der Waals surface area (Å²) in [4.78, 5) is 11.7. The molecule has 0 amide bonds. The Morgan fingerprint density at radius 3 is 2.68 bits per heavy atom. The van der Waals surface area contributed by atoms with Gasteiger partial charge in [-0.05, 0) is 69.2 Å². The number of rotatable bonds is 10. The zero-order valence-electron chi connectivity index (χ0n) is 21.9. The van der Waals surface area contributed by atoms with Crippen LogP contribution in [0.4, 0.5) is 18.9 Å². The third kappa shape index (κ3) is 5.50. The highest BCUT2D eigenvalue weighted by Crippen LogP contribution is 2.41. The molecule has 2 aliphatic heterocycles. The first-order valence-corrected chi connectivity index (χ1v) is 12.6. The average Bonchev–Trinajstić information content (AvgIpc) is 3.15. The lowest BCUT2D eigenvalue weighted by Crippen LogP contribution is -2.50. The topological polar surface area (TPSA) is 67.7 Å². The first kappa shape index (κ1) is 27.5. The Hall–Kier alpha value is -3.53. The molecular formula is C28H33F3N4O3. The van der Waals surface area contributed by atoms with Crippen LogP contribution >= 0.6 is 0 Å². The number of benzene rings is 2. The quantitative estimate of drug-likeness (QED) is 0.303. The summed E-state index contributed by atoms with van der Waals surface area (Å²) in [6.45, 7) is 5.89. The molecule has 2 atom stereocenters. The Balaban J connectivity index is 1.55. The minimum Gasteiger partial charge on any atom is -0.495 e. The van der Waals surface area contributed by atoms with Gasteiger partial charge in [0.05, 0.1) is 18.5 Å². The summed E-state index contributed by atoms with van der Waals surface area (Å²) >= 11 is 0. The van der Waals surface area contributed by atoms with Crippen molar-refractivity contribution < 1.29 is 27.5 Å². The number of oxime groups is 1. The number of hydrogen-bond acceptors (Lipinski definition) is 7. The lowest BCUT2D eigenvalue weighted by molar-refractivity contribution is -0.144. The zero-order chi connectivity index (χ0) is 27.3. The van der Waals surface area contributed by atoms with E-state index in [4.69, 9.17) is 14.3 Å². The Labute approximate surface area is 221 Å². The Kier molecular flexibility index (Phi) is 8.61. The van der Waals surface area contributed by atoms with E-state index in [2.05, 4.69) is 22.2 Å². The number of allylic oxidation sites excluding steroid dienone is 1. The van der Waals surface area contributed by atoms with Crippen LogP contribution in [0.25, 0.3) is 0 Å². The fourth-order valence-electron chi connectivity index (χ4n) is 5.01. The summed E-state index contributed by atoms with van der Waals surface area (Å²) in [5.74, 6) is -2.60. The molecule has 1 N–H and O–H groups in total. The van der Waals surface area contributed by atoms with Crippen LogP contribution in [-0.4, -0.2) is 44.8 Å². The molecule has 0 aliphatic carbocycles. The van der Waals surface area contributed by atoms with Gasteiger partial charge in [-0.2, -0.15) is 0 Å². The van der Waals surface area contributed by atoms with Crippen molar-refractivity contribution in [2.75, 3.05) is 32.7 Å². The fraction of sp³-hybridized carbons (Fsp3) is 0.429. The summed E-state index contributed by atoms with van der Waals surface area (Å²) < 4.78 is 53.1. The number of nitrogens with one attached hydrogen (secondary N) is 1. The largest absolute Gasteiger partial charge is 0.495 e. The Bertz CT molecular complexity index is 1210. The van der Waals surface area contributed by atoms with Gasteiger partial charge in [-0.25, -0.2) is 13.2 Å². The molecule has 10 heteroatoms. The molecule has 2 unspecified atom stereocenters. The summed E-state index contributed by atoms with van der Waals surface area (Å²) in [6.07, 6.45) is 6.00. The molecule has 4 rings (SSSR count). The second kappa shape index (κ2) is 11.9. The first-order valence-electron chi connectivity index (χ1n) is 12.6. The highest BCUT2D eigenvalue weighted by Gasteiger charge is 2.50. The van der Waals surface area contributed by atoms with E-state index in [1.807, 2.05) is 30.0 Å². The lowest BCUT2D eigenvalue weighted by atomic mass is 9.93. The van der Waals surface area contributed by atoms with Gasteiger partial charge >= 0.3 is 0 Å². The van der Waals surface area contributed by atoms with Crippen LogP contribution in [0.5, 0.6) is 5.75 Å². The molecule has 0 aromatic heterocycles. The number of hydrogen-bond donors (Lipinski definition) is 1. The number of anilines is 1. The third-order valence-corrected chi connectivity index (χ3v) is 7.06. The molecule has 0 bridgehead atoms. The lowest BCUT2D eigenvalue weighted by Gasteiger charge is -2.37. The van der Waals surface area contributed by atoms with Gasteiger partial charge in [0.15, 0.2) is 23.3 Å². The monoisotopic (exact) mass is 530 g/mol. The summed E-state index contributed by atoms with van der Waals surface area (Å²) in [7, 11) is 3.10. The maximum Gasteiger partial charge on any atom is 0.260 e. The van der Waals surface area contributed by atoms with Gasteiger partial charge in [-0.3, -0.25) is 4.99 Å². The summed E-state index contributed by atoms with van der Waals surface area (Å²) in [5.41, 5.74) is 1.42. The minimum atomic E-state index is -1.52. The van der Waals surface area contributed by atoms with Crippen molar-refractivity contribution in [2.24, 2.45) is 16.1 Å². The van der Waals surface area contributed by atoms with E-state index in [9.17, 15) is 13.2 Å². The SMILES string of the molecule is C=N/C(C)=C\Nc1ccc(CCC2CCCCN3C2=NOC3(COC)c2cc(F)c(F)c(F)c2)cc1OC. The molecule has 2 aromatic carbocycles. The molecule has 2 aromatic rings. The van der Waals surface area contributed by atoms with Crippen molar-refractivity contribution in [1.82, 2.24) is 4.90 Å². The number of aliphatic imine (C=N–C) groups is 1. The predicted octanol–water partition coefficient (Wildman–Crippen LogP) is 5.96. The van der Waals surface area contributed by atoms with Crippen molar-refractivity contribution in [2.45, 2.75) is 44.8 Å². The van der Waals surface area contributed by atoms with Crippen LogP contribution in [0.15, 0.2) is 52.4 Å². The van der Waals surface area contributed by atoms with Gasteiger partial charge in [0, 0.05) is 31.3 Å². The van der Waals surface area contributed by atoms with Crippen LogP contribution in [-0.2, 0) is 21.7 Å². The molecule has 1 fully saturated rings. The van der Waals surface area contributed by atoms with Gasteiger partial charge in [-0.1, -0.05) is 17.6 Å². The van der Waals surface area contributed by atoms with E-state index in [1.54, 1.807) is 13.3 Å². The fourth-order valence-corrected chi connectivity index (χ4v) is 5.01. The average molecular weight is 531 g/mol. The van der Waals surface area contributed by atoms with Gasteiger partial charge in [0.25, 0.3) is 5.72 Å². The number of ether oxygens (including phenoxy) is 2. The molecule has 0 spiro atoms. The number of halogens is 3. The standard InChI is InChI=1S/C28H33F3N4O3/c1-18(32-2)16-33-24-11-9-19(13-25(24)37-4)8-10-20-7-5-6-12-35-27(20)34-38-28(35,17-36-3)21-14-22(29)26(31)23(30)15-21/h9,11,13-16,20,33H,2,5-8,10,12,17H2,1,3-4H3/b18-16-. The minimum absolute atomic E-state index is 0.0296. The number of aryl methyl sites for hydroxylation is 1. The first-order chi connectivity index (χ1) is 18.3. The van der Waals surface area contributed by atoms with Gasteiger partial charge in [-0.15, -0.1) is 0 Å². The molecule has 1 saturated heterocycles. The van der Waals surface area contributed by atoms with E-state index in [1.165, 1.54) is 7.11 Å². The smallest absolute Gasteiger partial charge is 0.260 e. The normalized spacial score (nSPS) is 21.3. The van der Waals surface area contributed by atoms with Crippen LogP contribution in [0, 0.1) is 23.4 Å². The zero-order valence-corrected chi connectivity index (χ0v) is 21.9. The molecule has 2 heterocycles. The molecule has 7 nitrogen and oxygen atoms in total. The maximum absolute atomic E-state index is 14.2. The van der Waals surface area contributed by atoms with Crippen LogP contribution < -0.4 is 10.1 Å². The second-order valence-electron chi connectivity index (χ2n) is 9.52. The van der Waals surface area contributed by atoms with E-state index in [0.29, 0.717) is 18.1 Å².